The average Bonchev–Trinajstić information content (AvgIpc) is 3.41. The first-order chi connectivity index (χ1) is 35.1. The van der Waals surface area contributed by atoms with Crippen molar-refractivity contribution in [2.45, 2.75) is 26.4 Å². The van der Waals surface area contributed by atoms with Gasteiger partial charge < -0.3 is 18.9 Å². The summed E-state index contributed by atoms with van der Waals surface area (Å²) in [5.41, 5.74) is 8.28. The van der Waals surface area contributed by atoms with Crippen molar-refractivity contribution in [1.29, 1.82) is 0 Å². The van der Waals surface area contributed by atoms with Crippen LogP contribution in [-0.2, 0) is 26.4 Å². The molecule has 0 saturated heterocycles. The van der Waals surface area contributed by atoms with Crippen LogP contribution < -0.4 is 40.2 Å². The minimum absolute atomic E-state index is 0.370. The maximum atomic E-state index is 7.09. The van der Waals surface area contributed by atoms with Crippen LogP contribution in [0.3, 0.4) is 0 Å². The third-order valence-electron chi connectivity index (χ3n) is 11.9. The highest BCUT2D eigenvalue weighted by molar-refractivity contribution is 7.76. The van der Waals surface area contributed by atoms with E-state index in [-0.39, 0.29) is 0 Å². The standard InChI is InChI=1S/C62H52Cl4O4P2/c1-5-43-9-17-47(18-10-43)39-67-59-29-25-51(35-55(59)63)71(52-26-30-60(56(64)36-52)68-40-48-19-11-44(6-2)12-20-48)33-34-72(53-27-31-61(57(65)37-53)69-41-49-21-13-45(7-3)14-22-49)54-28-32-62(58(66)38-54)70-42-50-23-15-46(8-4)16-24-50/h5-32,35-38H,1-4,33-34,39-42H2. The molecule has 0 aromatic heterocycles. The number of ether oxygens (including phenoxy) is 4. The van der Waals surface area contributed by atoms with E-state index >= 15 is 0 Å². The summed E-state index contributed by atoms with van der Waals surface area (Å²) in [7, 11) is -2.09. The zero-order valence-electron chi connectivity index (χ0n) is 39.6. The molecular formula is C62H52Cl4O4P2. The molecule has 72 heavy (non-hydrogen) atoms. The first-order valence-corrected chi connectivity index (χ1v) is 27.8. The van der Waals surface area contributed by atoms with Gasteiger partial charge in [-0.05, 0) is 142 Å². The highest BCUT2D eigenvalue weighted by Gasteiger charge is 2.24. The predicted molar refractivity (Wildman–Crippen MR) is 311 cm³/mol. The van der Waals surface area contributed by atoms with Crippen molar-refractivity contribution in [1.82, 2.24) is 0 Å². The molecule has 4 nitrogen and oxygen atoms in total. The van der Waals surface area contributed by atoms with Crippen LogP contribution in [0.1, 0.15) is 44.5 Å². The fraction of sp³-hybridized carbons (Fsp3) is 0.0968. The fourth-order valence-electron chi connectivity index (χ4n) is 7.76. The van der Waals surface area contributed by atoms with Gasteiger partial charge in [-0.2, -0.15) is 0 Å². The van der Waals surface area contributed by atoms with E-state index < -0.39 is 15.8 Å². The molecule has 0 unspecified atom stereocenters. The zero-order chi connectivity index (χ0) is 50.4. The van der Waals surface area contributed by atoms with Crippen LogP contribution in [0, 0.1) is 0 Å². The Morgan fingerprint density at radius 1 is 0.306 bits per heavy atom. The van der Waals surface area contributed by atoms with E-state index in [9.17, 15) is 0 Å². The van der Waals surface area contributed by atoms with Crippen LogP contribution in [0.25, 0.3) is 24.3 Å². The molecule has 0 fully saturated rings. The Hall–Kier alpha value is -6.06. The minimum Gasteiger partial charge on any atom is -0.487 e. The van der Waals surface area contributed by atoms with Crippen LogP contribution >= 0.6 is 62.2 Å². The van der Waals surface area contributed by atoms with Crippen LogP contribution in [0.4, 0.5) is 0 Å². The molecule has 0 aliphatic carbocycles. The van der Waals surface area contributed by atoms with Crippen LogP contribution in [0.5, 0.6) is 23.0 Å². The molecule has 0 bridgehead atoms. The second kappa shape index (κ2) is 25.5. The van der Waals surface area contributed by atoms with Gasteiger partial charge in [0.2, 0.25) is 0 Å². The molecule has 0 N–H and O–H groups in total. The van der Waals surface area contributed by atoms with Crippen molar-refractivity contribution in [2.75, 3.05) is 12.3 Å². The van der Waals surface area contributed by atoms with Gasteiger partial charge in [0.15, 0.2) is 0 Å². The van der Waals surface area contributed by atoms with Gasteiger partial charge in [0, 0.05) is 0 Å². The smallest absolute Gasteiger partial charge is 0.138 e. The lowest BCUT2D eigenvalue weighted by Crippen LogP contribution is -2.20. The molecular weight excluding hydrogens is 1010 g/mol. The quantitative estimate of drug-likeness (QED) is 0.0598. The first kappa shape index (κ1) is 52.3. The van der Waals surface area contributed by atoms with E-state index in [4.69, 9.17) is 65.4 Å². The van der Waals surface area contributed by atoms with Crippen molar-refractivity contribution in [3.8, 4) is 23.0 Å². The van der Waals surface area contributed by atoms with Crippen molar-refractivity contribution < 1.29 is 18.9 Å². The SMILES string of the molecule is C=Cc1ccc(COc2ccc(P(CCP(c3ccc(OCc4ccc(C=C)cc4)c(Cl)c3)c3ccc(OCc4ccc(C=C)cc4)c(Cl)c3)c3ccc(OCc4ccc(C=C)cc4)c(Cl)c3)cc2Cl)cc1. The van der Waals surface area contributed by atoms with Crippen molar-refractivity contribution in [3.63, 3.8) is 0 Å². The molecule has 362 valence electrons. The Bertz CT molecular complexity index is 2730. The maximum Gasteiger partial charge on any atom is 0.138 e. The third-order valence-corrected chi connectivity index (χ3v) is 18.4. The van der Waals surface area contributed by atoms with Crippen LogP contribution in [0.2, 0.25) is 20.1 Å². The lowest BCUT2D eigenvalue weighted by molar-refractivity contribution is 0.306. The Morgan fingerprint density at radius 2 is 0.514 bits per heavy atom. The van der Waals surface area contributed by atoms with Gasteiger partial charge in [-0.15, -0.1) is 0 Å². The van der Waals surface area contributed by atoms with E-state index in [0.29, 0.717) is 69.5 Å². The van der Waals surface area contributed by atoms with E-state index in [1.165, 1.54) is 0 Å². The van der Waals surface area contributed by atoms with E-state index in [0.717, 1.165) is 78.0 Å². The molecule has 0 aliphatic rings. The number of benzene rings is 8. The molecule has 8 aromatic rings. The topological polar surface area (TPSA) is 36.9 Å². The monoisotopic (exact) mass is 1060 g/mol. The number of halogens is 4. The van der Waals surface area contributed by atoms with Gasteiger partial charge in [-0.25, -0.2) is 0 Å². The molecule has 0 atom stereocenters. The summed E-state index contributed by atoms with van der Waals surface area (Å²) in [5.74, 6) is 2.41. The van der Waals surface area contributed by atoms with Gasteiger partial charge in [-0.3, -0.25) is 0 Å². The molecule has 0 heterocycles. The zero-order valence-corrected chi connectivity index (χ0v) is 44.4. The molecule has 10 heteroatoms. The molecule has 8 aromatic carbocycles. The van der Waals surface area contributed by atoms with Crippen LogP contribution in [-0.4, -0.2) is 12.3 Å². The number of hydrogen-bond acceptors (Lipinski definition) is 4. The van der Waals surface area contributed by atoms with Gasteiger partial charge in [0.05, 0.1) is 20.1 Å². The van der Waals surface area contributed by atoms with Crippen molar-refractivity contribution in [2.24, 2.45) is 0 Å². The third kappa shape index (κ3) is 13.9. The Morgan fingerprint density at radius 3 is 0.694 bits per heavy atom. The van der Waals surface area contributed by atoms with E-state index in [1.807, 2.05) is 170 Å². The fourth-order valence-corrected chi connectivity index (χ4v) is 14.4. The Kier molecular flexibility index (Phi) is 18.5. The average molecular weight is 1060 g/mol. The number of rotatable bonds is 23. The Labute approximate surface area is 446 Å². The van der Waals surface area contributed by atoms with Crippen molar-refractivity contribution >= 4 is 108 Å². The van der Waals surface area contributed by atoms with Gasteiger partial charge >= 0.3 is 0 Å². The Balaban J connectivity index is 1.10. The summed E-state index contributed by atoms with van der Waals surface area (Å²) >= 11 is 28.4. The van der Waals surface area contributed by atoms with Crippen LogP contribution in [0.15, 0.2) is 196 Å². The molecule has 0 radical (unpaired) electrons. The summed E-state index contributed by atoms with van der Waals surface area (Å²) in [6, 6.07) is 56.8. The molecule has 0 saturated carbocycles. The molecule has 0 spiro atoms. The normalized spacial score (nSPS) is 11.0. The van der Waals surface area contributed by atoms with Gasteiger partial charge in [0.1, 0.15) is 49.4 Å². The van der Waals surface area contributed by atoms with Crippen molar-refractivity contribution in [3.05, 3.63) is 261 Å². The predicted octanol–water partition coefficient (Wildman–Crippen LogP) is 16.8. The summed E-state index contributed by atoms with van der Waals surface area (Å²) in [5, 5.41) is 6.40. The van der Waals surface area contributed by atoms with Gasteiger partial charge in [-0.1, -0.05) is 218 Å². The lowest BCUT2D eigenvalue weighted by atomic mass is 10.1. The molecule has 0 amide bonds. The summed E-state index contributed by atoms with van der Waals surface area (Å²) in [6.45, 7) is 16.9. The largest absolute Gasteiger partial charge is 0.487 e. The first-order valence-electron chi connectivity index (χ1n) is 23.2. The minimum atomic E-state index is -1.05. The second-order valence-electron chi connectivity index (χ2n) is 16.7. The lowest BCUT2D eigenvalue weighted by Gasteiger charge is -2.25. The number of hydrogen-bond donors (Lipinski definition) is 0. The van der Waals surface area contributed by atoms with E-state index in [2.05, 4.69) is 50.6 Å². The second-order valence-corrected chi connectivity index (χ2v) is 23.0. The maximum absolute atomic E-state index is 7.09. The van der Waals surface area contributed by atoms with E-state index in [1.54, 1.807) is 0 Å². The summed E-state index contributed by atoms with van der Waals surface area (Å²) < 4.78 is 25.1. The van der Waals surface area contributed by atoms with Gasteiger partial charge in [0.25, 0.3) is 0 Å². The highest BCUT2D eigenvalue weighted by atomic mass is 35.5. The highest BCUT2D eigenvalue weighted by Crippen LogP contribution is 2.45. The summed E-state index contributed by atoms with van der Waals surface area (Å²) in [6.07, 6.45) is 8.82. The molecule has 8 rings (SSSR count). The summed E-state index contributed by atoms with van der Waals surface area (Å²) in [4.78, 5) is 0. The molecule has 0 aliphatic heterocycles.